The number of halogens is 3. The molecule has 0 radical (unpaired) electrons. The molecular formula is C11H16F3N3. The molecule has 1 heterocycles. The monoisotopic (exact) mass is 247 g/mol. The molecule has 0 fully saturated rings. The number of alkyl halides is 3. The van der Waals surface area contributed by atoms with Crippen molar-refractivity contribution in [3.8, 4) is 0 Å². The fourth-order valence-electron chi connectivity index (χ4n) is 1.48. The van der Waals surface area contributed by atoms with E-state index in [1.807, 2.05) is 6.92 Å². The van der Waals surface area contributed by atoms with Crippen molar-refractivity contribution in [2.24, 2.45) is 0 Å². The molecule has 0 saturated carbocycles. The second-order valence-corrected chi connectivity index (χ2v) is 3.82. The number of hydrogen-bond acceptors (Lipinski definition) is 3. The molecule has 1 unspecified atom stereocenters. The molecule has 0 aliphatic rings. The van der Waals surface area contributed by atoms with Crippen molar-refractivity contribution in [1.29, 1.82) is 0 Å². The lowest BCUT2D eigenvalue weighted by Crippen LogP contribution is -2.23. The van der Waals surface area contributed by atoms with Gasteiger partial charge in [0.2, 0.25) is 0 Å². The van der Waals surface area contributed by atoms with E-state index >= 15 is 0 Å². The van der Waals surface area contributed by atoms with E-state index in [1.54, 1.807) is 18.3 Å². The Labute approximate surface area is 98.4 Å². The van der Waals surface area contributed by atoms with Gasteiger partial charge in [0.1, 0.15) is 5.82 Å². The van der Waals surface area contributed by atoms with Crippen molar-refractivity contribution in [2.45, 2.75) is 32.5 Å². The van der Waals surface area contributed by atoms with Crippen molar-refractivity contribution in [3.63, 3.8) is 0 Å². The molecular weight excluding hydrogens is 231 g/mol. The van der Waals surface area contributed by atoms with Crippen LogP contribution >= 0.6 is 0 Å². The van der Waals surface area contributed by atoms with Crippen LogP contribution in [0.5, 0.6) is 0 Å². The molecule has 0 aromatic carbocycles. The zero-order valence-electron chi connectivity index (χ0n) is 9.80. The van der Waals surface area contributed by atoms with Crippen LogP contribution in [0.25, 0.3) is 0 Å². The van der Waals surface area contributed by atoms with Gasteiger partial charge in [-0.15, -0.1) is 0 Å². The Morgan fingerprint density at radius 3 is 2.71 bits per heavy atom. The number of hydrogen-bond donors (Lipinski definition) is 2. The van der Waals surface area contributed by atoms with Gasteiger partial charge >= 0.3 is 6.18 Å². The molecule has 6 heteroatoms. The maximum absolute atomic E-state index is 12.1. The van der Waals surface area contributed by atoms with Gasteiger partial charge in [0.05, 0.1) is 6.42 Å². The first-order valence-corrected chi connectivity index (χ1v) is 5.44. The van der Waals surface area contributed by atoms with Gasteiger partial charge in [-0.3, -0.25) is 0 Å². The maximum atomic E-state index is 12.1. The molecule has 96 valence electrons. The third kappa shape index (κ3) is 5.42. The second-order valence-electron chi connectivity index (χ2n) is 3.82. The Morgan fingerprint density at radius 2 is 2.12 bits per heavy atom. The van der Waals surface area contributed by atoms with Crippen molar-refractivity contribution in [1.82, 2.24) is 4.98 Å². The predicted molar refractivity (Wildman–Crippen MR) is 62.2 cm³/mol. The highest BCUT2D eigenvalue weighted by atomic mass is 19.4. The largest absolute Gasteiger partial charge is 0.391 e. The highest BCUT2D eigenvalue weighted by Crippen LogP contribution is 2.23. The predicted octanol–water partition coefficient (Wildman–Crippen LogP) is 3.27. The first-order chi connectivity index (χ1) is 7.90. The van der Waals surface area contributed by atoms with Gasteiger partial charge in [0.15, 0.2) is 0 Å². The lowest BCUT2D eigenvalue weighted by atomic mass is 10.2. The van der Waals surface area contributed by atoms with Crippen molar-refractivity contribution >= 4 is 11.5 Å². The summed E-state index contributed by atoms with van der Waals surface area (Å²) in [4.78, 5) is 4.04. The first kappa shape index (κ1) is 13.6. The molecule has 0 saturated heterocycles. The van der Waals surface area contributed by atoms with Crippen LogP contribution in [-0.2, 0) is 0 Å². The first-order valence-electron chi connectivity index (χ1n) is 5.44. The third-order valence-electron chi connectivity index (χ3n) is 2.07. The fraction of sp³-hybridized carbons (Fsp3) is 0.545. The van der Waals surface area contributed by atoms with Crippen molar-refractivity contribution in [3.05, 3.63) is 18.3 Å². The standard InChI is InChI=1S/C11H16F3N3/c1-3-15-10-6-9(4-5-16-10)17-8(2)7-11(12,13)14/h4-6,8H,3,7H2,1-2H3,(H2,15,16,17). The number of pyridine rings is 1. The fourth-order valence-corrected chi connectivity index (χ4v) is 1.48. The van der Waals surface area contributed by atoms with Crippen molar-refractivity contribution < 1.29 is 13.2 Å². The Bertz CT molecular complexity index is 352. The van der Waals surface area contributed by atoms with Crippen LogP contribution in [-0.4, -0.2) is 23.7 Å². The van der Waals surface area contributed by atoms with E-state index in [1.165, 1.54) is 6.92 Å². The minimum absolute atomic E-state index is 0.632. The number of rotatable bonds is 5. The Morgan fingerprint density at radius 1 is 1.41 bits per heavy atom. The van der Waals surface area contributed by atoms with E-state index in [9.17, 15) is 13.2 Å². The van der Waals surface area contributed by atoms with Gasteiger partial charge < -0.3 is 10.6 Å². The number of nitrogens with zero attached hydrogens (tertiary/aromatic N) is 1. The highest BCUT2D eigenvalue weighted by Gasteiger charge is 2.29. The molecule has 0 aliphatic heterocycles. The van der Waals surface area contributed by atoms with E-state index < -0.39 is 18.6 Å². The molecule has 1 atom stereocenters. The van der Waals surface area contributed by atoms with Crippen LogP contribution in [0.15, 0.2) is 18.3 Å². The molecule has 0 amide bonds. The number of nitrogens with one attached hydrogen (secondary N) is 2. The lowest BCUT2D eigenvalue weighted by molar-refractivity contribution is -0.136. The summed E-state index contributed by atoms with van der Waals surface area (Å²) in [6.07, 6.45) is -3.45. The molecule has 17 heavy (non-hydrogen) atoms. The summed E-state index contributed by atoms with van der Waals surface area (Å²) in [5.74, 6) is 0.650. The SMILES string of the molecule is CCNc1cc(NC(C)CC(F)(F)F)ccn1. The van der Waals surface area contributed by atoms with Gasteiger partial charge in [0, 0.05) is 30.5 Å². The minimum atomic E-state index is -4.15. The van der Waals surface area contributed by atoms with Crippen LogP contribution in [0.3, 0.4) is 0 Å². The average Bonchev–Trinajstić information content (AvgIpc) is 2.15. The number of anilines is 2. The molecule has 0 bridgehead atoms. The van der Waals surface area contributed by atoms with Gasteiger partial charge in [-0.25, -0.2) is 4.98 Å². The van der Waals surface area contributed by atoms with E-state index in [-0.39, 0.29) is 0 Å². The van der Waals surface area contributed by atoms with Gasteiger partial charge in [-0.2, -0.15) is 13.2 Å². The summed E-state index contributed by atoms with van der Waals surface area (Å²) >= 11 is 0. The third-order valence-corrected chi connectivity index (χ3v) is 2.07. The van der Waals surface area contributed by atoms with Gasteiger partial charge in [0.25, 0.3) is 0 Å². The van der Waals surface area contributed by atoms with Gasteiger partial charge in [-0.05, 0) is 19.9 Å². The van der Waals surface area contributed by atoms with Crippen molar-refractivity contribution in [2.75, 3.05) is 17.2 Å². The van der Waals surface area contributed by atoms with E-state index in [0.29, 0.717) is 18.1 Å². The summed E-state index contributed by atoms with van der Waals surface area (Å²) in [6.45, 7) is 4.14. The molecule has 1 aromatic heterocycles. The minimum Gasteiger partial charge on any atom is -0.382 e. The maximum Gasteiger partial charge on any atom is 0.391 e. The molecule has 1 rings (SSSR count). The molecule has 0 spiro atoms. The zero-order valence-corrected chi connectivity index (χ0v) is 9.80. The molecule has 3 nitrogen and oxygen atoms in total. The topological polar surface area (TPSA) is 37.0 Å². The summed E-state index contributed by atoms with van der Waals surface area (Å²) in [6, 6.07) is 2.68. The van der Waals surface area contributed by atoms with E-state index in [4.69, 9.17) is 0 Å². The van der Waals surface area contributed by atoms with Crippen LogP contribution in [0.1, 0.15) is 20.3 Å². The van der Waals surface area contributed by atoms with Crippen LogP contribution in [0.2, 0.25) is 0 Å². The second kappa shape index (κ2) is 5.75. The quantitative estimate of drug-likeness (QED) is 0.838. The van der Waals surface area contributed by atoms with Crippen LogP contribution in [0, 0.1) is 0 Å². The summed E-state index contributed by atoms with van der Waals surface area (Å²) in [7, 11) is 0. The Hall–Kier alpha value is -1.46. The van der Waals surface area contributed by atoms with Crippen LogP contribution in [0.4, 0.5) is 24.7 Å². The summed E-state index contributed by atoms with van der Waals surface area (Å²) in [5, 5.41) is 5.79. The van der Waals surface area contributed by atoms with Gasteiger partial charge in [-0.1, -0.05) is 0 Å². The summed E-state index contributed by atoms with van der Waals surface area (Å²) < 4.78 is 36.4. The van der Waals surface area contributed by atoms with Crippen LogP contribution < -0.4 is 10.6 Å². The highest BCUT2D eigenvalue weighted by molar-refractivity contribution is 5.52. The Balaban J connectivity index is 2.58. The Kier molecular flexibility index (Phi) is 4.60. The lowest BCUT2D eigenvalue weighted by Gasteiger charge is -2.17. The average molecular weight is 247 g/mol. The number of aromatic nitrogens is 1. The van der Waals surface area contributed by atoms with E-state index in [0.717, 1.165) is 0 Å². The summed E-state index contributed by atoms with van der Waals surface area (Å²) in [5.41, 5.74) is 0.632. The molecule has 0 aliphatic carbocycles. The smallest absolute Gasteiger partial charge is 0.382 e. The van der Waals surface area contributed by atoms with E-state index in [2.05, 4.69) is 15.6 Å². The normalized spacial score (nSPS) is 13.2. The zero-order chi connectivity index (χ0) is 12.9. The molecule has 2 N–H and O–H groups in total. The molecule has 1 aromatic rings.